The molecule has 13 heteroatoms. The molecule has 10 nitrogen and oxygen atoms in total. The van der Waals surface area contributed by atoms with Crippen LogP contribution in [-0.2, 0) is 33.6 Å². The van der Waals surface area contributed by atoms with Crippen LogP contribution in [0, 0.1) is 0 Å². The lowest BCUT2D eigenvalue weighted by Gasteiger charge is -2.01. The summed E-state index contributed by atoms with van der Waals surface area (Å²) in [6.45, 7) is 1.06. The number of anilines is 2. The molecule has 0 aliphatic rings. The zero-order chi connectivity index (χ0) is 23.5. The number of ether oxygens (including phenoxy) is 1. The predicted octanol–water partition coefficient (Wildman–Crippen LogP) is 3.23. The van der Waals surface area contributed by atoms with E-state index in [4.69, 9.17) is 4.74 Å². The molecule has 0 bridgehead atoms. The third kappa shape index (κ3) is 9.24. The molecule has 174 valence electrons. The minimum Gasteiger partial charge on any atom is -0.441 e. The summed E-state index contributed by atoms with van der Waals surface area (Å²) in [6, 6.07) is 9.53. The molecule has 0 saturated heterocycles. The number of Topliss-reactive ketones (excluding diaryl/α,β-unsaturated/α-hetero) is 1. The average Bonchev–Trinajstić information content (AvgIpc) is 3.42. The first kappa shape index (κ1) is 24.7. The normalized spacial score (nSPS) is 10.6. The van der Waals surface area contributed by atoms with E-state index in [1.807, 2.05) is 30.3 Å². The second-order valence-electron chi connectivity index (χ2n) is 6.73. The fraction of sp³-hybridized carbons (Fsp3) is 0.350. The number of hydrogen-bond acceptors (Lipinski definition) is 11. The van der Waals surface area contributed by atoms with Gasteiger partial charge in [0.1, 0.15) is 10.0 Å². The molecule has 33 heavy (non-hydrogen) atoms. The number of carbonyl (C=O) groups excluding carboxylic acids is 3. The minimum absolute atomic E-state index is 0.115. The van der Waals surface area contributed by atoms with Crippen molar-refractivity contribution in [3.63, 3.8) is 0 Å². The van der Waals surface area contributed by atoms with Gasteiger partial charge in [0, 0.05) is 12.8 Å². The van der Waals surface area contributed by atoms with Crippen LogP contribution in [0.2, 0.25) is 0 Å². The number of benzene rings is 1. The van der Waals surface area contributed by atoms with Crippen LogP contribution in [0.3, 0.4) is 0 Å². The quantitative estimate of drug-likeness (QED) is 0.355. The minimum atomic E-state index is -0.727. The predicted molar refractivity (Wildman–Crippen MR) is 129 cm³/mol. The lowest BCUT2D eigenvalue weighted by Crippen LogP contribution is -2.17. The zero-order valence-electron chi connectivity index (χ0n) is 17.8. The highest BCUT2D eigenvalue weighted by atomic mass is 32.2. The van der Waals surface area contributed by atoms with E-state index in [1.165, 1.54) is 29.6 Å². The summed E-state index contributed by atoms with van der Waals surface area (Å²) in [6.07, 6.45) is 1.04. The second kappa shape index (κ2) is 13.0. The number of aryl methyl sites for hydroxylation is 2. The van der Waals surface area contributed by atoms with E-state index in [2.05, 4.69) is 31.0 Å². The van der Waals surface area contributed by atoms with Crippen molar-refractivity contribution in [1.29, 1.82) is 0 Å². The van der Waals surface area contributed by atoms with Gasteiger partial charge in [-0.25, -0.2) is 4.79 Å². The molecule has 0 aliphatic carbocycles. The van der Waals surface area contributed by atoms with Gasteiger partial charge in [0.25, 0.3) is 0 Å². The number of ketones is 1. The highest BCUT2D eigenvalue weighted by molar-refractivity contribution is 7.99. The summed E-state index contributed by atoms with van der Waals surface area (Å²) in [4.78, 5) is 34.5. The van der Waals surface area contributed by atoms with Crippen molar-refractivity contribution >= 4 is 62.5 Å². The van der Waals surface area contributed by atoms with Gasteiger partial charge >= 0.3 is 6.09 Å². The first-order valence-electron chi connectivity index (χ1n) is 9.97. The Balaban J connectivity index is 1.30. The molecule has 2 amide bonds. The van der Waals surface area contributed by atoms with Crippen LogP contribution in [0.15, 0.2) is 30.3 Å². The topological polar surface area (TPSA) is 136 Å². The largest absolute Gasteiger partial charge is 0.441 e. The van der Waals surface area contributed by atoms with Crippen molar-refractivity contribution in [3.8, 4) is 0 Å². The van der Waals surface area contributed by atoms with Gasteiger partial charge < -0.3 is 10.1 Å². The summed E-state index contributed by atoms with van der Waals surface area (Å²) in [7, 11) is 0. The van der Waals surface area contributed by atoms with Crippen molar-refractivity contribution in [2.24, 2.45) is 0 Å². The van der Waals surface area contributed by atoms with Crippen molar-refractivity contribution in [3.05, 3.63) is 45.9 Å². The highest BCUT2D eigenvalue weighted by Gasteiger charge is 2.11. The molecular weight excluding hydrogens is 484 g/mol. The average molecular weight is 507 g/mol. The van der Waals surface area contributed by atoms with Gasteiger partial charge in [-0.2, -0.15) is 11.8 Å². The number of amides is 2. The number of nitrogens with zero attached hydrogens (tertiary/aromatic N) is 4. The Morgan fingerprint density at radius 3 is 2.12 bits per heavy atom. The van der Waals surface area contributed by atoms with Crippen molar-refractivity contribution in [1.82, 2.24) is 20.4 Å². The number of nitrogens with one attached hydrogen (secondary N) is 2. The standard InChI is InChI=1S/C20H22N6O4S3/c1-13(27)12-30-20(29)22-19-26-24-17(33-19)8-10-31-9-7-16-23-25-18(32-16)21-15(28)11-14-5-3-2-4-6-14/h2-6H,7-12H2,1H3,(H,21,25,28)(H,22,26,29). The maximum Gasteiger partial charge on any atom is 0.413 e. The molecule has 0 spiro atoms. The summed E-state index contributed by atoms with van der Waals surface area (Å²) in [5.74, 6) is 1.34. The Morgan fingerprint density at radius 1 is 0.909 bits per heavy atom. The highest BCUT2D eigenvalue weighted by Crippen LogP contribution is 2.20. The van der Waals surface area contributed by atoms with E-state index >= 15 is 0 Å². The molecule has 2 heterocycles. The monoisotopic (exact) mass is 506 g/mol. The van der Waals surface area contributed by atoms with Gasteiger partial charge in [-0.05, 0) is 24.0 Å². The second-order valence-corrected chi connectivity index (χ2v) is 10.1. The fourth-order valence-electron chi connectivity index (χ4n) is 2.47. The lowest BCUT2D eigenvalue weighted by molar-refractivity contribution is -0.119. The van der Waals surface area contributed by atoms with E-state index in [0.717, 1.165) is 33.5 Å². The lowest BCUT2D eigenvalue weighted by atomic mass is 10.1. The molecule has 2 aromatic heterocycles. The van der Waals surface area contributed by atoms with Gasteiger partial charge in [0.15, 0.2) is 12.4 Å². The Labute approximate surface area is 202 Å². The Kier molecular flexibility index (Phi) is 9.72. The van der Waals surface area contributed by atoms with Crippen LogP contribution in [0.4, 0.5) is 15.1 Å². The zero-order valence-corrected chi connectivity index (χ0v) is 20.2. The maximum atomic E-state index is 12.1. The van der Waals surface area contributed by atoms with Gasteiger partial charge in [-0.3, -0.25) is 14.9 Å². The van der Waals surface area contributed by atoms with Crippen molar-refractivity contribution in [2.45, 2.75) is 26.2 Å². The number of carbonyl (C=O) groups is 3. The van der Waals surface area contributed by atoms with Gasteiger partial charge in [0.2, 0.25) is 16.2 Å². The summed E-state index contributed by atoms with van der Waals surface area (Å²) >= 11 is 4.39. The molecular formula is C20H22N6O4S3. The smallest absolute Gasteiger partial charge is 0.413 e. The van der Waals surface area contributed by atoms with Gasteiger partial charge in [-0.1, -0.05) is 53.0 Å². The van der Waals surface area contributed by atoms with Gasteiger partial charge in [0.05, 0.1) is 6.42 Å². The Hall–Kier alpha value is -2.90. The molecule has 0 atom stereocenters. The van der Waals surface area contributed by atoms with Crippen molar-refractivity contribution in [2.75, 3.05) is 28.7 Å². The van der Waals surface area contributed by atoms with Crippen LogP contribution in [0.1, 0.15) is 22.5 Å². The first-order chi connectivity index (χ1) is 16.0. The molecule has 3 rings (SSSR count). The third-order valence-corrected chi connectivity index (χ3v) is 6.71. The summed E-state index contributed by atoms with van der Waals surface area (Å²) in [5.41, 5.74) is 0.947. The molecule has 0 unspecified atom stereocenters. The Bertz CT molecular complexity index is 1070. The molecule has 0 saturated carbocycles. The third-order valence-electron chi connectivity index (χ3n) is 3.92. The Morgan fingerprint density at radius 2 is 1.52 bits per heavy atom. The molecule has 1 aromatic carbocycles. The van der Waals surface area contributed by atoms with E-state index in [0.29, 0.717) is 23.1 Å². The van der Waals surface area contributed by atoms with Crippen LogP contribution < -0.4 is 10.6 Å². The van der Waals surface area contributed by atoms with Crippen LogP contribution in [0.5, 0.6) is 0 Å². The first-order valence-corrected chi connectivity index (χ1v) is 12.8. The van der Waals surface area contributed by atoms with E-state index in [1.54, 1.807) is 11.8 Å². The maximum absolute atomic E-state index is 12.1. The number of aromatic nitrogens is 4. The van der Waals surface area contributed by atoms with Gasteiger partial charge in [-0.15, -0.1) is 20.4 Å². The van der Waals surface area contributed by atoms with Crippen LogP contribution in [-0.4, -0.2) is 56.3 Å². The van der Waals surface area contributed by atoms with Crippen LogP contribution >= 0.6 is 34.4 Å². The molecule has 0 radical (unpaired) electrons. The van der Waals surface area contributed by atoms with E-state index in [9.17, 15) is 14.4 Å². The molecule has 0 fully saturated rings. The molecule has 2 N–H and O–H groups in total. The fourth-order valence-corrected chi connectivity index (χ4v) is 5.08. The van der Waals surface area contributed by atoms with E-state index in [-0.39, 0.29) is 18.3 Å². The summed E-state index contributed by atoms with van der Waals surface area (Å²) in [5, 5.41) is 23.9. The van der Waals surface area contributed by atoms with E-state index < -0.39 is 6.09 Å². The van der Waals surface area contributed by atoms with Crippen LogP contribution in [0.25, 0.3) is 0 Å². The number of hydrogen-bond donors (Lipinski definition) is 2. The van der Waals surface area contributed by atoms with Crippen molar-refractivity contribution < 1.29 is 19.1 Å². The number of thioether (sulfide) groups is 1. The summed E-state index contributed by atoms with van der Waals surface area (Å²) < 4.78 is 4.72. The number of rotatable bonds is 12. The molecule has 3 aromatic rings. The SMILES string of the molecule is CC(=O)COC(=O)Nc1nnc(CCSCCc2nnc(NC(=O)Cc3ccccc3)s2)s1. The molecule has 0 aliphatic heterocycles.